The lowest BCUT2D eigenvalue weighted by Gasteiger charge is -2.23. The van der Waals surface area contributed by atoms with Crippen molar-refractivity contribution in [2.45, 2.75) is 44.4 Å². The molecule has 1 aliphatic rings. The molecular weight excluding hydrogens is 434 g/mol. The predicted molar refractivity (Wildman–Crippen MR) is 131 cm³/mol. The number of anilines is 1. The Balaban J connectivity index is 1.41. The number of hydrogen-bond donors (Lipinski definition) is 2. The highest BCUT2D eigenvalue weighted by Gasteiger charge is 2.29. The Hall–Kier alpha value is -3.10. The lowest BCUT2D eigenvalue weighted by atomic mass is 10.1. The van der Waals surface area contributed by atoms with Crippen molar-refractivity contribution in [2.24, 2.45) is 5.73 Å². The van der Waals surface area contributed by atoms with E-state index in [-0.39, 0.29) is 23.6 Å². The first-order valence-electron chi connectivity index (χ1n) is 11.1. The standard InChI is InChI=1S/C25H29N5O2S/c1-17-12-18(2)14-20(13-17)30-11-9-27-25(30)33-16-23(31)28-21-7-4-3-6-19(21)15-29-10-5-8-22(29)24(26)32/h3-4,6-7,9,11-14,22H,5,8,10,15-16H2,1-2H3,(H2,26,32)(H,28,31). The smallest absolute Gasteiger partial charge is 0.234 e. The number of aromatic nitrogens is 2. The summed E-state index contributed by atoms with van der Waals surface area (Å²) in [7, 11) is 0. The number of likely N-dealkylation sites (tertiary alicyclic amines) is 1. The number of hydrogen-bond acceptors (Lipinski definition) is 5. The molecule has 1 saturated heterocycles. The first-order valence-corrected chi connectivity index (χ1v) is 12.0. The van der Waals surface area contributed by atoms with Gasteiger partial charge in [-0.25, -0.2) is 4.98 Å². The molecule has 3 N–H and O–H groups in total. The summed E-state index contributed by atoms with van der Waals surface area (Å²) in [6, 6.07) is 13.8. The fourth-order valence-electron chi connectivity index (χ4n) is 4.34. The van der Waals surface area contributed by atoms with Gasteiger partial charge in [0, 0.05) is 30.3 Å². The van der Waals surface area contributed by atoms with Crippen LogP contribution < -0.4 is 11.1 Å². The predicted octanol–water partition coefficient (Wildman–Crippen LogP) is 3.67. The summed E-state index contributed by atoms with van der Waals surface area (Å²) in [5.41, 5.74) is 10.7. The van der Waals surface area contributed by atoms with Gasteiger partial charge in [-0.15, -0.1) is 0 Å². The van der Waals surface area contributed by atoms with E-state index in [2.05, 4.69) is 47.2 Å². The minimum absolute atomic E-state index is 0.102. The van der Waals surface area contributed by atoms with Crippen LogP contribution in [-0.4, -0.2) is 44.6 Å². The van der Waals surface area contributed by atoms with Gasteiger partial charge in [0.25, 0.3) is 0 Å². The van der Waals surface area contributed by atoms with Crippen molar-refractivity contribution < 1.29 is 9.59 Å². The van der Waals surface area contributed by atoms with Crippen LogP contribution in [0.15, 0.2) is 60.0 Å². The zero-order valence-electron chi connectivity index (χ0n) is 19.0. The van der Waals surface area contributed by atoms with Gasteiger partial charge in [-0.05, 0) is 68.1 Å². The average Bonchev–Trinajstić information content (AvgIpc) is 3.42. The molecule has 0 saturated carbocycles. The largest absolute Gasteiger partial charge is 0.368 e. The quantitative estimate of drug-likeness (QED) is 0.497. The Kier molecular flexibility index (Phi) is 7.15. The number of imidazole rings is 1. The number of nitrogens with two attached hydrogens (primary N) is 1. The molecule has 4 rings (SSSR count). The topological polar surface area (TPSA) is 93.2 Å². The van der Waals surface area contributed by atoms with Crippen LogP contribution in [0.3, 0.4) is 0 Å². The molecule has 0 radical (unpaired) electrons. The maximum atomic E-state index is 12.8. The third-order valence-electron chi connectivity index (χ3n) is 5.78. The van der Waals surface area contributed by atoms with Crippen molar-refractivity contribution in [3.05, 3.63) is 71.5 Å². The monoisotopic (exact) mass is 463 g/mol. The molecule has 1 aromatic heterocycles. The molecule has 1 fully saturated rings. The van der Waals surface area contributed by atoms with E-state index in [9.17, 15) is 9.59 Å². The third kappa shape index (κ3) is 5.64. The lowest BCUT2D eigenvalue weighted by Crippen LogP contribution is -2.39. The van der Waals surface area contributed by atoms with E-state index in [1.165, 1.54) is 22.9 Å². The van der Waals surface area contributed by atoms with E-state index >= 15 is 0 Å². The molecule has 7 nitrogen and oxygen atoms in total. The molecule has 2 aromatic carbocycles. The number of nitrogens with one attached hydrogen (secondary N) is 1. The molecule has 0 aliphatic carbocycles. The zero-order valence-corrected chi connectivity index (χ0v) is 19.8. The van der Waals surface area contributed by atoms with Crippen LogP contribution in [-0.2, 0) is 16.1 Å². The van der Waals surface area contributed by atoms with E-state index in [1.807, 2.05) is 35.0 Å². The number of aryl methyl sites for hydroxylation is 2. The molecule has 3 aromatic rings. The van der Waals surface area contributed by atoms with Crippen molar-refractivity contribution in [1.29, 1.82) is 0 Å². The van der Waals surface area contributed by atoms with Gasteiger partial charge in [0.2, 0.25) is 11.8 Å². The molecule has 1 atom stereocenters. The highest BCUT2D eigenvalue weighted by Crippen LogP contribution is 2.25. The van der Waals surface area contributed by atoms with E-state index in [0.29, 0.717) is 6.54 Å². The highest BCUT2D eigenvalue weighted by molar-refractivity contribution is 7.99. The molecule has 8 heteroatoms. The number of rotatable bonds is 8. The van der Waals surface area contributed by atoms with Crippen molar-refractivity contribution in [3.63, 3.8) is 0 Å². The summed E-state index contributed by atoms with van der Waals surface area (Å²) in [6.45, 7) is 5.54. The van der Waals surface area contributed by atoms with E-state index in [0.717, 1.165) is 41.5 Å². The summed E-state index contributed by atoms with van der Waals surface area (Å²) >= 11 is 1.40. The summed E-state index contributed by atoms with van der Waals surface area (Å²) < 4.78 is 2.00. The van der Waals surface area contributed by atoms with Crippen molar-refractivity contribution in [2.75, 3.05) is 17.6 Å². The third-order valence-corrected chi connectivity index (χ3v) is 6.75. The van der Waals surface area contributed by atoms with Crippen molar-refractivity contribution in [3.8, 4) is 5.69 Å². The minimum atomic E-state index is -0.287. The van der Waals surface area contributed by atoms with Gasteiger partial charge in [-0.1, -0.05) is 36.0 Å². The molecule has 172 valence electrons. The van der Waals surface area contributed by atoms with Crippen LogP contribution in [0.2, 0.25) is 0 Å². The molecule has 2 heterocycles. The number of amides is 2. The Morgan fingerprint density at radius 1 is 1.18 bits per heavy atom. The van der Waals surface area contributed by atoms with Crippen molar-refractivity contribution in [1.82, 2.24) is 14.5 Å². The van der Waals surface area contributed by atoms with Gasteiger partial charge in [0.1, 0.15) is 0 Å². The number of benzene rings is 2. The van der Waals surface area contributed by atoms with E-state index in [1.54, 1.807) is 6.20 Å². The summed E-state index contributed by atoms with van der Waals surface area (Å²) in [4.78, 5) is 31.0. The lowest BCUT2D eigenvalue weighted by molar-refractivity contribution is -0.122. The fraction of sp³-hybridized carbons (Fsp3) is 0.320. The second kappa shape index (κ2) is 10.2. The van der Waals surface area contributed by atoms with Gasteiger partial charge < -0.3 is 11.1 Å². The number of primary amides is 1. The number of carbonyl (C=O) groups excluding carboxylic acids is 2. The molecule has 0 spiro atoms. The van der Waals surface area contributed by atoms with Gasteiger partial charge in [0.05, 0.1) is 11.8 Å². The average molecular weight is 464 g/mol. The summed E-state index contributed by atoms with van der Waals surface area (Å²) in [6.07, 6.45) is 5.40. The number of para-hydroxylation sites is 1. The van der Waals surface area contributed by atoms with Crippen LogP contribution in [0.4, 0.5) is 5.69 Å². The molecule has 0 bridgehead atoms. The zero-order chi connectivity index (χ0) is 23.4. The highest BCUT2D eigenvalue weighted by atomic mass is 32.2. The number of nitrogens with zero attached hydrogens (tertiary/aromatic N) is 3. The van der Waals surface area contributed by atoms with Crippen LogP contribution >= 0.6 is 11.8 Å². The Labute approximate surface area is 198 Å². The Morgan fingerprint density at radius 2 is 1.94 bits per heavy atom. The van der Waals surface area contributed by atoms with Crippen molar-refractivity contribution >= 4 is 29.3 Å². The van der Waals surface area contributed by atoms with Crippen LogP contribution in [0.5, 0.6) is 0 Å². The molecule has 33 heavy (non-hydrogen) atoms. The number of thioether (sulfide) groups is 1. The SMILES string of the molecule is Cc1cc(C)cc(-n2ccnc2SCC(=O)Nc2ccccc2CN2CCCC2C(N)=O)c1. The summed E-state index contributed by atoms with van der Waals surface area (Å²) in [5, 5.41) is 3.80. The number of carbonyl (C=O) groups is 2. The van der Waals surface area contributed by atoms with Gasteiger partial charge in [-0.3, -0.25) is 19.1 Å². The maximum Gasteiger partial charge on any atom is 0.234 e. The first-order chi connectivity index (χ1) is 15.9. The Bertz CT molecular complexity index is 1140. The van der Waals surface area contributed by atoms with Gasteiger partial charge in [-0.2, -0.15) is 0 Å². The molecular formula is C25H29N5O2S. The van der Waals surface area contributed by atoms with E-state index in [4.69, 9.17) is 5.73 Å². The summed E-state index contributed by atoms with van der Waals surface area (Å²) in [5.74, 6) is -0.149. The van der Waals surface area contributed by atoms with Gasteiger partial charge >= 0.3 is 0 Å². The van der Waals surface area contributed by atoms with Crippen LogP contribution in [0.25, 0.3) is 5.69 Å². The first kappa shape index (κ1) is 23.1. The normalized spacial score (nSPS) is 16.1. The van der Waals surface area contributed by atoms with Crippen LogP contribution in [0, 0.1) is 13.8 Å². The maximum absolute atomic E-state index is 12.8. The molecule has 1 unspecified atom stereocenters. The van der Waals surface area contributed by atoms with Gasteiger partial charge in [0.15, 0.2) is 5.16 Å². The molecule has 1 aliphatic heterocycles. The van der Waals surface area contributed by atoms with Crippen LogP contribution in [0.1, 0.15) is 29.5 Å². The second-order valence-corrected chi connectivity index (χ2v) is 9.39. The Morgan fingerprint density at radius 3 is 2.70 bits per heavy atom. The minimum Gasteiger partial charge on any atom is -0.368 e. The fourth-order valence-corrected chi connectivity index (χ4v) is 5.11. The van der Waals surface area contributed by atoms with E-state index < -0.39 is 0 Å². The second-order valence-electron chi connectivity index (χ2n) is 8.45. The molecule has 2 amide bonds.